The zero-order valence-corrected chi connectivity index (χ0v) is 13.0. The first kappa shape index (κ1) is 14.2. The van der Waals surface area contributed by atoms with Crippen LogP contribution in [0.25, 0.3) is 16.2 Å². The van der Waals surface area contributed by atoms with E-state index in [1.54, 1.807) is 23.5 Å². The van der Waals surface area contributed by atoms with E-state index in [9.17, 15) is 4.39 Å². The van der Waals surface area contributed by atoms with E-state index in [-0.39, 0.29) is 5.82 Å². The smallest absolute Gasteiger partial charge is 0.194 e. The number of halogens is 1. The number of fused-ring (bicyclic) bond motifs is 1. The van der Waals surface area contributed by atoms with Crippen LogP contribution in [0.4, 0.5) is 4.39 Å². The van der Waals surface area contributed by atoms with E-state index in [1.165, 1.54) is 22.7 Å². The van der Waals surface area contributed by atoms with Crippen molar-refractivity contribution < 1.29 is 4.39 Å². The van der Waals surface area contributed by atoms with Gasteiger partial charge in [0, 0.05) is 22.6 Å². The lowest BCUT2D eigenvalue weighted by Crippen LogP contribution is -2.07. The number of thiazole rings is 1. The Balaban J connectivity index is 2.25. The van der Waals surface area contributed by atoms with Gasteiger partial charge in [-0.05, 0) is 44.2 Å². The molecule has 21 heavy (non-hydrogen) atoms. The first-order chi connectivity index (χ1) is 10.2. The van der Waals surface area contributed by atoms with E-state index >= 15 is 0 Å². The number of hydrogen-bond donors (Lipinski definition) is 1. The number of aromatic nitrogens is 2. The molecule has 110 valence electrons. The van der Waals surface area contributed by atoms with Crippen molar-refractivity contribution in [3.05, 3.63) is 46.3 Å². The Hall–Kier alpha value is -1.72. The highest BCUT2D eigenvalue weighted by atomic mass is 32.1. The molecule has 0 saturated carbocycles. The largest absolute Gasteiger partial charge is 0.330 e. The minimum Gasteiger partial charge on any atom is -0.330 e. The topological polar surface area (TPSA) is 43.3 Å². The summed E-state index contributed by atoms with van der Waals surface area (Å²) in [5.74, 6) is -0.231. The van der Waals surface area contributed by atoms with Crippen LogP contribution in [-0.4, -0.2) is 15.9 Å². The van der Waals surface area contributed by atoms with E-state index < -0.39 is 0 Å². The summed E-state index contributed by atoms with van der Waals surface area (Å²) >= 11 is 1.70. The highest BCUT2D eigenvalue weighted by molar-refractivity contribution is 7.17. The second-order valence-electron chi connectivity index (χ2n) is 5.03. The van der Waals surface area contributed by atoms with Gasteiger partial charge in [-0.25, -0.2) is 9.37 Å². The predicted molar refractivity (Wildman–Crippen MR) is 85.3 cm³/mol. The van der Waals surface area contributed by atoms with Gasteiger partial charge in [0.05, 0.1) is 11.4 Å². The summed E-state index contributed by atoms with van der Waals surface area (Å²) < 4.78 is 15.4. The summed E-state index contributed by atoms with van der Waals surface area (Å²) in [6.45, 7) is 4.85. The zero-order valence-electron chi connectivity index (χ0n) is 12.2. The molecule has 0 radical (unpaired) electrons. The minimum atomic E-state index is -0.231. The van der Waals surface area contributed by atoms with E-state index in [2.05, 4.69) is 18.2 Å². The average Bonchev–Trinajstić information content (AvgIpc) is 2.96. The Bertz CT molecular complexity index is 771. The van der Waals surface area contributed by atoms with Gasteiger partial charge in [0.1, 0.15) is 5.82 Å². The van der Waals surface area contributed by atoms with Crippen LogP contribution in [0.1, 0.15) is 23.2 Å². The van der Waals surface area contributed by atoms with Gasteiger partial charge < -0.3 is 5.73 Å². The number of imidazole rings is 1. The molecule has 2 aromatic heterocycles. The maximum Gasteiger partial charge on any atom is 0.194 e. The number of nitrogens with zero attached hydrogens (tertiary/aromatic N) is 2. The minimum absolute atomic E-state index is 0.231. The molecule has 0 aliphatic heterocycles. The maximum absolute atomic E-state index is 13.1. The molecule has 3 aromatic rings. The molecule has 0 atom stereocenters. The number of aryl methyl sites for hydroxylation is 2. The van der Waals surface area contributed by atoms with Crippen LogP contribution in [0.3, 0.4) is 0 Å². The fourth-order valence-corrected chi connectivity index (χ4v) is 3.82. The number of hydrogen-bond acceptors (Lipinski definition) is 3. The quantitative estimate of drug-likeness (QED) is 0.800. The van der Waals surface area contributed by atoms with Crippen molar-refractivity contribution in [1.29, 1.82) is 0 Å². The molecule has 0 amide bonds. The lowest BCUT2D eigenvalue weighted by Gasteiger charge is -2.06. The number of nitrogens with two attached hydrogens (primary N) is 1. The van der Waals surface area contributed by atoms with Crippen LogP contribution in [0.15, 0.2) is 24.3 Å². The Labute approximate surface area is 127 Å². The van der Waals surface area contributed by atoms with Crippen LogP contribution in [0.2, 0.25) is 0 Å². The molecular formula is C16H18FN3S. The maximum atomic E-state index is 13.1. The van der Waals surface area contributed by atoms with Crippen molar-refractivity contribution in [1.82, 2.24) is 9.38 Å². The summed E-state index contributed by atoms with van der Waals surface area (Å²) in [7, 11) is 0. The molecule has 0 fully saturated rings. The molecule has 5 heteroatoms. The van der Waals surface area contributed by atoms with Gasteiger partial charge in [0.15, 0.2) is 4.96 Å². The predicted octanol–water partition coefficient (Wildman–Crippen LogP) is 3.57. The van der Waals surface area contributed by atoms with E-state index in [1.807, 2.05) is 0 Å². The highest BCUT2D eigenvalue weighted by Crippen LogP contribution is 2.31. The normalized spacial score (nSPS) is 11.4. The second kappa shape index (κ2) is 5.58. The first-order valence-electron chi connectivity index (χ1n) is 7.11. The molecule has 1 aromatic carbocycles. The van der Waals surface area contributed by atoms with Crippen molar-refractivity contribution in [2.45, 2.75) is 26.7 Å². The van der Waals surface area contributed by atoms with Crippen molar-refractivity contribution in [3.8, 4) is 11.3 Å². The molecule has 2 N–H and O–H groups in total. The van der Waals surface area contributed by atoms with Crippen LogP contribution >= 0.6 is 11.3 Å². The zero-order chi connectivity index (χ0) is 15.0. The molecule has 3 rings (SSSR count). The van der Waals surface area contributed by atoms with Gasteiger partial charge >= 0.3 is 0 Å². The Morgan fingerprint density at radius 3 is 2.57 bits per heavy atom. The average molecular weight is 303 g/mol. The van der Waals surface area contributed by atoms with Crippen LogP contribution < -0.4 is 5.73 Å². The van der Waals surface area contributed by atoms with E-state index in [0.717, 1.165) is 34.8 Å². The van der Waals surface area contributed by atoms with Gasteiger partial charge in [-0.2, -0.15) is 0 Å². The molecule has 0 aliphatic carbocycles. The van der Waals surface area contributed by atoms with Crippen molar-refractivity contribution in [3.63, 3.8) is 0 Å². The van der Waals surface area contributed by atoms with Gasteiger partial charge in [-0.15, -0.1) is 11.3 Å². The molecule has 0 bridgehead atoms. The fraction of sp³-hybridized carbons (Fsp3) is 0.312. The molecule has 0 unspecified atom stereocenters. The SMILES string of the molecule is CCc1c(C)sc2nc(-c3ccc(F)cc3)c(CCN)n12. The molecule has 0 spiro atoms. The second-order valence-corrected chi connectivity index (χ2v) is 6.21. The third-order valence-electron chi connectivity index (χ3n) is 3.70. The Kier molecular flexibility index (Phi) is 3.78. The standard InChI is InChI=1S/C16H18FN3S/c1-3-13-10(2)21-16-19-15(14(8-9-18)20(13)16)11-4-6-12(17)7-5-11/h4-7H,3,8-9,18H2,1-2H3. The molecule has 3 nitrogen and oxygen atoms in total. The van der Waals surface area contributed by atoms with Crippen molar-refractivity contribution >= 4 is 16.3 Å². The molecule has 2 heterocycles. The van der Waals surface area contributed by atoms with Crippen molar-refractivity contribution in [2.24, 2.45) is 5.73 Å². The van der Waals surface area contributed by atoms with Gasteiger partial charge in [-0.3, -0.25) is 4.40 Å². The molecular weight excluding hydrogens is 285 g/mol. The first-order valence-corrected chi connectivity index (χ1v) is 7.93. The summed E-state index contributed by atoms with van der Waals surface area (Å²) in [6, 6.07) is 6.50. The van der Waals surface area contributed by atoms with Gasteiger partial charge in [-0.1, -0.05) is 6.92 Å². The Morgan fingerprint density at radius 2 is 1.95 bits per heavy atom. The lowest BCUT2D eigenvalue weighted by atomic mass is 10.1. The van der Waals surface area contributed by atoms with E-state index in [4.69, 9.17) is 10.7 Å². The molecule has 0 saturated heterocycles. The van der Waals surface area contributed by atoms with Crippen LogP contribution in [-0.2, 0) is 12.8 Å². The number of benzene rings is 1. The highest BCUT2D eigenvalue weighted by Gasteiger charge is 2.18. The summed E-state index contributed by atoms with van der Waals surface area (Å²) in [6.07, 6.45) is 1.72. The van der Waals surface area contributed by atoms with E-state index in [0.29, 0.717) is 6.54 Å². The third kappa shape index (κ3) is 2.36. The third-order valence-corrected chi connectivity index (χ3v) is 4.69. The summed E-state index contributed by atoms with van der Waals surface area (Å²) in [5.41, 5.74) is 10.1. The van der Waals surface area contributed by atoms with Crippen molar-refractivity contribution in [2.75, 3.05) is 6.54 Å². The van der Waals surface area contributed by atoms with Gasteiger partial charge in [0.2, 0.25) is 0 Å². The Morgan fingerprint density at radius 1 is 1.24 bits per heavy atom. The molecule has 0 aliphatic rings. The van der Waals surface area contributed by atoms with Gasteiger partial charge in [0.25, 0.3) is 0 Å². The summed E-state index contributed by atoms with van der Waals surface area (Å²) in [5, 5.41) is 0. The summed E-state index contributed by atoms with van der Waals surface area (Å²) in [4.78, 5) is 7.05. The monoisotopic (exact) mass is 303 g/mol. The van der Waals surface area contributed by atoms with Crippen LogP contribution in [0, 0.1) is 12.7 Å². The lowest BCUT2D eigenvalue weighted by molar-refractivity contribution is 0.628. The van der Waals surface area contributed by atoms with Crippen LogP contribution in [0.5, 0.6) is 0 Å². The number of rotatable bonds is 4. The fourth-order valence-electron chi connectivity index (χ4n) is 2.74.